The van der Waals surface area contributed by atoms with E-state index in [9.17, 15) is 22.8 Å². The first kappa shape index (κ1) is 30.2. The Hall–Kier alpha value is -4.38. The number of carbonyl (C=O) groups is 3. The zero-order valence-corrected chi connectivity index (χ0v) is 23.7. The van der Waals surface area contributed by atoms with E-state index in [0.29, 0.717) is 11.4 Å². The van der Waals surface area contributed by atoms with Crippen molar-refractivity contribution in [2.24, 2.45) is 0 Å². The second kappa shape index (κ2) is 13.1. The molecule has 3 aromatic carbocycles. The summed E-state index contributed by atoms with van der Waals surface area (Å²) in [7, 11) is -4.28. The van der Waals surface area contributed by atoms with Gasteiger partial charge in [-0.1, -0.05) is 36.4 Å². The van der Waals surface area contributed by atoms with Crippen molar-refractivity contribution in [3.63, 3.8) is 0 Å². The summed E-state index contributed by atoms with van der Waals surface area (Å²) < 4.78 is 39.3. The van der Waals surface area contributed by atoms with Gasteiger partial charge in [-0.2, -0.15) is 0 Å². The number of carbonyl (C=O) groups excluding carboxylic acids is 3. The van der Waals surface area contributed by atoms with Gasteiger partial charge in [-0.15, -0.1) is 0 Å². The molecule has 0 saturated carbocycles. The lowest BCUT2D eigenvalue weighted by Gasteiger charge is -2.26. The van der Waals surface area contributed by atoms with E-state index in [1.165, 1.54) is 24.3 Å². The number of nitrogens with one attached hydrogen (secondary N) is 2. The van der Waals surface area contributed by atoms with Gasteiger partial charge < -0.3 is 20.1 Å². The quantitative estimate of drug-likeness (QED) is 0.335. The molecule has 0 bridgehead atoms. The van der Waals surface area contributed by atoms with Crippen LogP contribution in [0.15, 0.2) is 83.8 Å². The zero-order chi connectivity index (χ0) is 29.3. The van der Waals surface area contributed by atoms with Crippen LogP contribution in [0.25, 0.3) is 0 Å². The Kier molecular flexibility index (Phi) is 9.89. The lowest BCUT2D eigenvalue weighted by molar-refractivity contribution is 0.0517. The average molecular weight is 568 g/mol. The molecule has 10 nitrogen and oxygen atoms in total. The van der Waals surface area contributed by atoms with Crippen LogP contribution in [-0.4, -0.2) is 51.7 Å². The van der Waals surface area contributed by atoms with Crippen LogP contribution >= 0.6 is 0 Å². The number of nitrogens with zero attached hydrogens (tertiary/aromatic N) is 1. The van der Waals surface area contributed by atoms with Crippen LogP contribution in [0.2, 0.25) is 0 Å². The molecule has 40 heavy (non-hydrogen) atoms. The first-order chi connectivity index (χ1) is 18.9. The summed E-state index contributed by atoms with van der Waals surface area (Å²) in [4.78, 5) is 37.3. The van der Waals surface area contributed by atoms with E-state index in [4.69, 9.17) is 9.47 Å². The Morgan fingerprint density at radius 3 is 2.25 bits per heavy atom. The predicted octanol–water partition coefficient (Wildman–Crippen LogP) is 4.84. The summed E-state index contributed by atoms with van der Waals surface area (Å²) in [5.41, 5.74) is 0.0886. The highest BCUT2D eigenvalue weighted by Crippen LogP contribution is 2.26. The lowest BCUT2D eigenvalue weighted by atomic mass is 10.1. The topological polar surface area (TPSA) is 131 Å². The smallest absolute Gasteiger partial charge is 0.407 e. The molecule has 11 heteroatoms. The van der Waals surface area contributed by atoms with Crippen LogP contribution in [0.5, 0.6) is 0 Å². The minimum Gasteiger partial charge on any atom is -0.462 e. The van der Waals surface area contributed by atoms with Crippen molar-refractivity contribution >= 4 is 39.4 Å². The molecule has 2 N–H and O–H groups in total. The molecule has 0 radical (unpaired) electrons. The molecule has 3 aromatic rings. The molecule has 0 aliphatic rings. The van der Waals surface area contributed by atoms with Crippen molar-refractivity contribution in [1.82, 2.24) is 5.32 Å². The van der Waals surface area contributed by atoms with Gasteiger partial charge in [0, 0.05) is 12.2 Å². The Labute approximate surface area is 234 Å². The molecule has 0 atom stereocenters. The van der Waals surface area contributed by atoms with Crippen LogP contribution in [0.1, 0.15) is 48.4 Å². The summed E-state index contributed by atoms with van der Waals surface area (Å²) in [6.45, 7) is 6.90. The standard InChI is InChI=1S/C29H33N3O7S/c1-5-38-27(34)21-12-11-13-22(20-21)31-26(33)24-16-9-10-17-25(24)40(36,37)32(23-14-7-6-8-15-23)19-18-30-28(35)39-29(2,3)4/h6-17,20H,5,18-19H2,1-4H3,(H,30,35)(H,31,33). The fourth-order valence-electron chi connectivity index (χ4n) is 3.69. The van der Waals surface area contributed by atoms with Gasteiger partial charge in [0.2, 0.25) is 0 Å². The number of hydrogen-bond donors (Lipinski definition) is 2. The predicted molar refractivity (Wildman–Crippen MR) is 152 cm³/mol. The van der Waals surface area contributed by atoms with Gasteiger partial charge >= 0.3 is 12.1 Å². The third-order valence-electron chi connectivity index (χ3n) is 5.36. The maximum atomic E-state index is 14.0. The maximum Gasteiger partial charge on any atom is 0.407 e. The van der Waals surface area contributed by atoms with E-state index in [0.717, 1.165) is 4.31 Å². The summed E-state index contributed by atoms with van der Waals surface area (Å²) in [5.74, 6) is -1.22. The van der Waals surface area contributed by atoms with Gasteiger partial charge in [0.1, 0.15) is 10.5 Å². The fourth-order valence-corrected chi connectivity index (χ4v) is 5.35. The van der Waals surface area contributed by atoms with E-state index < -0.39 is 33.6 Å². The first-order valence-corrected chi connectivity index (χ1v) is 14.1. The summed E-state index contributed by atoms with van der Waals surface area (Å²) >= 11 is 0. The highest BCUT2D eigenvalue weighted by molar-refractivity contribution is 7.93. The number of hydrogen-bond acceptors (Lipinski definition) is 7. The SMILES string of the molecule is CCOC(=O)c1cccc(NC(=O)c2ccccc2S(=O)(=O)N(CCNC(=O)OC(C)(C)C)c2ccccc2)c1. The fraction of sp³-hybridized carbons (Fsp3) is 0.276. The number of para-hydroxylation sites is 1. The van der Waals surface area contributed by atoms with Crippen molar-refractivity contribution in [3.05, 3.63) is 90.0 Å². The number of sulfonamides is 1. The van der Waals surface area contributed by atoms with Crippen molar-refractivity contribution in [3.8, 4) is 0 Å². The maximum absolute atomic E-state index is 14.0. The summed E-state index contributed by atoms with van der Waals surface area (Å²) in [6, 6.07) is 20.4. The number of anilines is 2. The van der Waals surface area contributed by atoms with Crippen molar-refractivity contribution in [2.75, 3.05) is 29.3 Å². The molecular weight excluding hydrogens is 534 g/mol. The van der Waals surface area contributed by atoms with E-state index in [-0.39, 0.29) is 35.7 Å². The van der Waals surface area contributed by atoms with Gasteiger partial charge in [0.05, 0.1) is 30.0 Å². The molecule has 3 rings (SSSR count). The molecule has 0 heterocycles. The minimum absolute atomic E-state index is 0.0436. The Bertz CT molecular complexity index is 1450. The first-order valence-electron chi connectivity index (χ1n) is 12.6. The molecule has 0 aliphatic carbocycles. The third-order valence-corrected chi connectivity index (χ3v) is 7.24. The van der Waals surface area contributed by atoms with Crippen molar-refractivity contribution in [2.45, 2.75) is 38.2 Å². The summed E-state index contributed by atoms with van der Waals surface area (Å²) in [6.07, 6.45) is -0.678. The highest BCUT2D eigenvalue weighted by atomic mass is 32.2. The second-order valence-electron chi connectivity index (χ2n) is 9.59. The number of amides is 2. The highest BCUT2D eigenvalue weighted by Gasteiger charge is 2.29. The second-order valence-corrected chi connectivity index (χ2v) is 11.4. The van der Waals surface area contributed by atoms with E-state index >= 15 is 0 Å². The van der Waals surface area contributed by atoms with Gasteiger partial charge in [0.15, 0.2) is 0 Å². The van der Waals surface area contributed by atoms with E-state index in [1.54, 1.807) is 82.3 Å². The lowest BCUT2D eigenvalue weighted by Crippen LogP contribution is -2.40. The number of esters is 1. The average Bonchev–Trinajstić information content (AvgIpc) is 2.91. The Balaban J connectivity index is 1.89. The molecule has 0 saturated heterocycles. The molecule has 0 fully saturated rings. The molecular formula is C29H33N3O7S. The number of alkyl carbamates (subject to hydrolysis) is 1. The van der Waals surface area contributed by atoms with Gasteiger partial charge in [-0.25, -0.2) is 18.0 Å². The van der Waals surface area contributed by atoms with Gasteiger partial charge in [0.25, 0.3) is 15.9 Å². The van der Waals surface area contributed by atoms with Gasteiger partial charge in [-0.3, -0.25) is 9.10 Å². The molecule has 0 aromatic heterocycles. The molecule has 0 unspecified atom stereocenters. The van der Waals surface area contributed by atoms with E-state index in [2.05, 4.69) is 10.6 Å². The van der Waals surface area contributed by atoms with Crippen molar-refractivity contribution in [1.29, 1.82) is 0 Å². The zero-order valence-electron chi connectivity index (χ0n) is 22.8. The number of benzene rings is 3. The summed E-state index contributed by atoms with van der Waals surface area (Å²) in [5, 5.41) is 5.24. The van der Waals surface area contributed by atoms with Crippen LogP contribution in [0.3, 0.4) is 0 Å². The van der Waals surface area contributed by atoms with Crippen LogP contribution in [0, 0.1) is 0 Å². The van der Waals surface area contributed by atoms with Gasteiger partial charge in [-0.05, 0) is 70.2 Å². The third kappa shape index (κ3) is 8.06. The molecule has 2 amide bonds. The van der Waals surface area contributed by atoms with Crippen LogP contribution in [0.4, 0.5) is 16.2 Å². The normalized spacial score (nSPS) is 11.3. The largest absolute Gasteiger partial charge is 0.462 e. The van der Waals surface area contributed by atoms with E-state index in [1.807, 2.05) is 0 Å². The Morgan fingerprint density at radius 2 is 1.57 bits per heavy atom. The molecule has 0 spiro atoms. The molecule has 0 aliphatic heterocycles. The minimum atomic E-state index is -4.28. The Morgan fingerprint density at radius 1 is 0.900 bits per heavy atom. The number of ether oxygens (including phenoxy) is 2. The monoisotopic (exact) mass is 567 g/mol. The van der Waals surface area contributed by atoms with Crippen LogP contribution in [-0.2, 0) is 19.5 Å². The van der Waals surface area contributed by atoms with Crippen molar-refractivity contribution < 1.29 is 32.3 Å². The number of rotatable bonds is 10. The van der Waals surface area contributed by atoms with Crippen LogP contribution < -0.4 is 14.9 Å². The molecule has 212 valence electrons.